The van der Waals surface area contributed by atoms with E-state index in [1.807, 2.05) is 54.6 Å². The van der Waals surface area contributed by atoms with Gasteiger partial charge in [0.1, 0.15) is 12.3 Å². The fourth-order valence-corrected chi connectivity index (χ4v) is 3.66. The largest absolute Gasteiger partial charge is 0.495 e. The number of aromatic nitrogens is 1. The van der Waals surface area contributed by atoms with E-state index in [1.165, 1.54) is 18.4 Å². The minimum absolute atomic E-state index is 0.104. The molecule has 29 heavy (non-hydrogen) atoms. The van der Waals surface area contributed by atoms with Crippen molar-refractivity contribution in [3.05, 3.63) is 59.5 Å². The summed E-state index contributed by atoms with van der Waals surface area (Å²) in [6, 6.07) is 17.2. The minimum atomic E-state index is -0.496. The van der Waals surface area contributed by atoms with Crippen LogP contribution < -0.4 is 15.4 Å². The Hall–Kier alpha value is -3.39. The van der Waals surface area contributed by atoms with Crippen molar-refractivity contribution in [1.29, 1.82) is 0 Å². The maximum Gasteiger partial charge on any atom is 0.325 e. The maximum absolute atomic E-state index is 12.3. The van der Waals surface area contributed by atoms with Gasteiger partial charge in [-0.1, -0.05) is 42.5 Å². The third kappa shape index (κ3) is 5.32. The second-order valence-electron chi connectivity index (χ2n) is 6.01. The molecule has 0 saturated carbocycles. The lowest BCUT2D eigenvalue weighted by Gasteiger charge is -2.08. The summed E-state index contributed by atoms with van der Waals surface area (Å²) in [7, 11) is 2.88. The number of hydrogen-bond acceptors (Lipinski definition) is 7. The Bertz CT molecular complexity index is 989. The number of carbonyl (C=O) groups is 2. The molecule has 3 aromatic rings. The van der Waals surface area contributed by atoms with E-state index >= 15 is 0 Å². The molecule has 0 saturated heterocycles. The number of carbonyl (C=O) groups excluding carboxylic acids is 2. The fourth-order valence-electron chi connectivity index (χ4n) is 2.66. The molecule has 0 aliphatic carbocycles. The van der Waals surface area contributed by atoms with Gasteiger partial charge in [-0.3, -0.25) is 9.59 Å². The zero-order chi connectivity index (χ0) is 20.6. The number of esters is 1. The van der Waals surface area contributed by atoms with Crippen LogP contribution in [-0.2, 0) is 20.7 Å². The predicted octanol–water partition coefficient (Wildman–Crippen LogP) is 3.39. The lowest BCUT2D eigenvalue weighted by molar-refractivity contribution is -0.141. The third-order valence-electron chi connectivity index (χ3n) is 4.07. The molecule has 0 unspecified atom stereocenters. The summed E-state index contributed by atoms with van der Waals surface area (Å²) in [6.07, 6.45) is 0.104. The number of para-hydroxylation sites is 2. The number of benzene rings is 2. The highest BCUT2D eigenvalue weighted by Crippen LogP contribution is 2.35. The molecule has 0 atom stereocenters. The first-order chi connectivity index (χ1) is 14.1. The van der Waals surface area contributed by atoms with Gasteiger partial charge in [0.15, 0.2) is 5.13 Å². The Kier molecular flexibility index (Phi) is 6.80. The molecule has 0 radical (unpaired) electrons. The van der Waals surface area contributed by atoms with Gasteiger partial charge in [-0.15, -0.1) is 11.3 Å². The molecule has 150 valence electrons. The van der Waals surface area contributed by atoms with Crippen LogP contribution in [0.4, 0.5) is 10.8 Å². The van der Waals surface area contributed by atoms with Crippen LogP contribution in [0.5, 0.6) is 5.75 Å². The molecule has 8 heteroatoms. The molecule has 1 amide bonds. The average Bonchev–Trinajstić information content (AvgIpc) is 3.15. The number of nitrogens with zero attached hydrogens (tertiary/aromatic N) is 1. The van der Waals surface area contributed by atoms with Gasteiger partial charge in [0.25, 0.3) is 0 Å². The number of thiazole rings is 1. The van der Waals surface area contributed by atoms with Crippen molar-refractivity contribution in [1.82, 2.24) is 10.3 Å². The molecule has 0 fully saturated rings. The van der Waals surface area contributed by atoms with Gasteiger partial charge in [-0.05, 0) is 12.1 Å². The first kappa shape index (κ1) is 20.3. The zero-order valence-corrected chi connectivity index (χ0v) is 16.9. The van der Waals surface area contributed by atoms with Crippen molar-refractivity contribution < 1.29 is 19.1 Å². The van der Waals surface area contributed by atoms with Crippen LogP contribution in [-0.4, -0.2) is 37.6 Å². The highest BCUT2D eigenvalue weighted by molar-refractivity contribution is 7.16. The number of methoxy groups -OCH3 is 2. The first-order valence-corrected chi connectivity index (χ1v) is 9.71. The van der Waals surface area contributed by atoms with Crippen LogP contribution in [0.1, 0.15) is 4.88 Å². The summed E-state index contributed by atoms with van der Waals surface area (Å²) in [5.41, 5.74) is 2.42. The van der Waals surface area contributed by atoms with E-state index < -0.39 is 5.97 Å². The molecule has 3 rings (SSSR count). The van der Waals surface area contributed by atoms with Crippen LogP contribution >= 0.6 is 11.3 Å². The number of ether oxygens (including phenoxy) is 2. The monoisotopic (exact) mass is 411 g/mol. The van der Waals surface area contributed by atoms with Gasteiger partial charge in [0.2, 0.25) is 5.91 Å². The quantitative estimate of drug-likeness (QED) is 0.552. The summed E-state index contributed by atoms with van der Waals surface area (Å²) in [6.45, 7) is -0.166. The Morgan fingerprint density at radius 1 is 1.03 bits per heavy atom. The fraction of sp³-hybridized carbons (Fsp3) is 0.190. The molecule has 0 bridgehead atoms. The van der Waals surface area contributed by atoms with Gasteiger partial charge >= 0.3 is 5.97 Å². The zero-order valence-electron chi connectivity index (χ0n) is 16.1. The number of rotatable bonds is 8. The molecule has 0 aliphatic rings. The topological polar surface area (TPSA) is 89.5 Å². The van der Waals surface area contributed by atoms with E-state index in [1.54, 1.807) is 7.11 Å². The molecular weight excluding hydrogens is 390 g/mol. The lowest BCUT2D eigenvalue weighted by Crippen LogP contribution is -2.31. The Labute approximate surface area is 172 Å². The Morgan fingerprint density at radius 3 is 2.48 bits per heavy atom. The van der Waals surface area contributed by atoms with Gasteiger partial charge < -0.3 is 20.1 Å². The van der Waals surface area contributed by atoms with E-state index in [2.05, 4.69) is 15.4 Å². The van der Waals surface area contributed by atoms with Gasteiger partial charge in [-0.25, -0.2) is 4.98 Å². The maximum atomic E-state index is 12.3. The van der Waals surface area contributed by atoms with E-state index in [4.69, 9.17) is 9.72 Å². The molecule has 0 aliphatic heterocycles. The molecular formula is C21H21N3O4S. The second-order valence-corrected chi connectivity index (χ2v) is 7.10. The average molecular weight is 411 g/mol. The summed E-state index contributed by atoms with van der Waals surface area (Å²) >= 11 is 1.38. The molecule has 1 aromatic heterocycles. The Morgan fingerprint density at radius 2 is 1.76 bits per heavy atom. The van der Waals surface area contributed by atoms with Crippen molar-refractivity contribution in [2.75, 3.05) is 26.1 Å². The number of nitrogens with one attached hydrogen (secondary N) is 2. The highest BCUT2D eigenvalue weighted by atomic mass is 32.1. The number of amides is 1. The molecule has 2 N–H and O–H groups in total. The summed E-state index contributed by atoms with van der Waals surface area (Å²) in [5.74, 6) is -0.0779. The lowest BCUT2D eigenvalue weighted by atomic mass is 10.1. The second kappa shape index (κ2) is 9.70. The smallest absolute Gasteiger partial charge is 0.325 e. The van der Waals surface area contributed by atoms with Gasteiger partial charge in [0.05, 0.1) is 32.0 Å². The van der Waals surface area contributed by atoms with Crippen LogP contribution in [0, 0.1) is 0 Å². The van der Waals surface area contributed by atoms with Gasteiger partial charge in [0, 0.05) is 10.4 Å². The van der Waals surface area contributed by atoms with E-state index in [-0.39, 0.29) is 18.9 Å². The molecule has 7 nitrogen and oxygen atoms in total. The predicted molar refractivity (Wildman–Crippen MR) is 113 cm³/mol. The Balaban J connectivity index is 1.86. The van der Waals surface area contributed by atoms with Crippen molar-refractivity contribution in [3.63, 3.8) is 0 Å². The van der Waals surface area contributed by atoms with E-state index in [0.717, 1.165) is 21.8 Å². The van der Waals surface area contributed by atoms with Crippen LogP contribution in [0.25, 0.3) is 11.3 Å². The normalized spacial score (nSPS) is 10.3. The minimum Gasteiger partial charge on any atom is -0.495 e. The number of hydrogen-bond donors (Lipinski definition) is 2. The standard InChI is InChI=1S/C21H21N3O4S/c1-27-16-11-7-6-10-15(16)23-21-24-20(14-8-4-3-5-9-14)17(29-21)12-18(25)22-13-19(26)28-2/h3-11H,12-13H2,1-2H3,(H,22,25)(H,23,24). The molecule has 0 spiro atoms. The SMILES string of the molecule is COC(=O)CNC(=O)Cc1sc(Nc2ccccc2OC)nc1-c1ccccc1. The summed E-state index contributed by atoms with van der Waals surface area (Å²) in [4.78, 5) is 29.0. The van der Waals surface area contributed by atoms with E-state index in [9.17, 15) is 9.59 Å². The molecule has 2 aromatic carbocycles. The first-order valence-electron chi connectivity index (χ1n) is 8.89. The van der Waals surface area contributed by atoms with Crippen LogP contribution in [0.15, 0.2) is 54.6 Å². The highest BCUT2D eigenvalue weighted by Gasteiger charge is 2.17. The van der Waals surface area contributed by atoms with Gasteiger partial charge in [-0.2, -0.15) is 0 Å². The molecule has 1 heterocycles. The van der Waals surface area contributed by atoms with Crippen molar-refractivity contribution in [2.45, 2.75) is 6.42 Å². The van der Waals surface area contributed by atoms with Crippen molar-refractivity contribution in [2.24, 2.45) is 0 Å². The van der Waals surface area contributed by atoms with Crippen molar-refractivity contribution in [3.8, 4) is 17.0 Å². The van der Waals surface area contributed by atoms with Crippen LogP contribution in [0.2, 0.25) is 0 Å². The summed E-state index contributed by atoms with van der Waals surface area (Å²) < 4.78 is 9.93. The van der Waals surface area contributed by atoms with E-state index in [0.29, 0.717) is 10.9 Å². The summed E-state index contributed by atoms with van der Waals surface area (Å²) in [5, 5.41) is 6.47. The number of anilines is 2. The third-order valence-corrected chi connectivity index (χ3v) is 5.04. The van der Waals surface area contributed by atoms with Crippen molar-refractivity contribution >= 4 is 34.0 Å². The van der Waals surface area contributed by atoms with Crippen LogP contribution in [0.3, 0.4) is 0 Å².